The zero-order chi connectivity index (χ0) is 15.4. The Labute approximate surface area is 137 Å². The van der Waals surface area contributed by atoms with E-state index in [1.165, 1.54) is 0 Å². The van der Waals surface area contributed by atoms with Gasteiger partial charge in [-0.05, 0) is 53.0 Å². The first-order valence-corrected chi connectivity index (χ1v) is 8.09. The molecule has 0 atom stereocenters. The fourth-order valence-electron chi connectivity index (χ4n) is 2.61. The molecule has 0 saturated carbocycles. The van der Waals surface area contributed by atoms with E-state index in [4.69, 9.17) is 0 Å². The van der Waals surface area contributed by atoms with Gasteiger partial charge >= 0.3 is 0 Å². The van der Waals surface area contributed by atoms with Gasteiger partial charge in [-0.2, -0.15) is 0 Å². The number of anilines is 1. The highest BCUT2D eigenvalue weighted by Crippen LogP contribution is 2.25. The molecule has 0 spiro atoms. The van der Waals surface area contributed by atoms with Crippen LogP contribution in [0.25, 0.3) is 0 Å². The molecule has 1 aliphatic rings. The molecule has 2 aromatic rings. The number of nitrogens with one attached hydrogen (secondary N) is 1. The summed E-state index contributed by atoms with van der Waals surface area (Å²) >= 11 is 3.54. The largest absolute Gasteiger partial charge is 0.356 e. The molecule has 1 fully saturated rings. The van der Waals surface area contributed by atoms with Gasteiger partial charge in [0.25, 0.3) is 5.91 Å². The molecule has 0 bridgehead atoms. The Morgan fingerprint density at radius 2 is 2.00 bits per heavy atom. The van der Waals surface area contributed by atoms with Crippen molar-refractivity contribution in [2.75, 3.05) is 18.0 Å². The molecule has 22 heavy (non-hydrogen) atoms. The van der Waals surface area contributed by atoms with E-state index in [-0.39, 0.29) is 11.9 Å². The number of hydrogen-bond donors (Lipinski definition) is 1. The van der Waals surface area contributed by atoms with Crippen LogP contribution in [0.1, 0.15) is 23.2 Å². The molecule has 2 aromatic heterocycles. The van der Waals surface area contributed by atoms with Gasteiger partial charge in [-0.15, -0.1) is 0 Å². The quantitative estimate of drug-likeness (QED) is 0.913. The topological polar surface area (TPSA) is 58.1 Å². The number of piperidine rings is 1. The van der Waals surface area contributed by atoms with Crippen molar-refractivity contribution in [3.8, 4) is 0 Å². The standard InChI is InChI=1S/C16H17BrN4O/c17-14-4-2-8-19-15(14)21-9-5-13(6-10-21)20-16(22)12-3-1-7-18-11-12/h1-4,7-8,11,13H,5-6,9-10H2,(H,20,22). The van der Waals surface area contributed by atoms with E-state index < -0.39 is 0 Å². The molecule has 1 N–H and O–H groups in total. The van der Waals surface area contributed by atoms with Gasteiger partial charge < -0.3 is 10.2 Å². The summed E-state index contributed by atoms with van der Waals surface area (Å²) in [6, 6.07) is 7.66. The predicted molar refractivity (Wildman–Crippen MR) is 88.9 cm³/mol. The number of halogens is 1. The van der Waals surface area contributed by atoms with Crippen LogP contribution in [0.5, 0.6) is 0 Å². The number of amides is 1. The normalized spacial score (nSPS) is 15.6. The molecule has 1 amide bonds. The number of hydrogen-bond acceptors (Lipinski definition) is 4. The molecule has 0 aromatic carbocycles. The smallest absolute Gasteiger partial charge is 0.253 e. The molecule has 0 radical (unpaired) electrons. The van der Waals surface area contributed by atoms with Crippen LogP contribution in [-0.2, 0) is 0 Å². The Kier molecular flexibility index (Phi) is 4.68. The summed E-state index contributed by atoms with van der Waals surface area (Å²) in [5, 5.41) is 3.08. The Balaban J connectivity index is 1.56. The van der Waals surface area contributed by atoms with Crippen LogP contribution in [-0.4, -0.2) is 35.0 Å². The second-order valence-electron chi connectivity index (χ2n) is 5.29. The van der Waals surface area contributed by atoms with Gasteiger partial charge in [0.1, 0.15) is 5.82 Å². The molecule has 0 unspecified atom stereocenters. The fraction of sp³-hybridized carbons (Fsp3) is 0.312. The van der Waals surface area contributed by atoms with Gasteiger partial charge in [0.2, 0.25) is 0 Å². The lowest BCUT2D eigenvalue weighted by molar-refractivity contribution is 0.0930. The minimum absolute atomic E-state index is 0.0504. The maximum atomic E-state index is 12.1. The Bertz CT molecular complexity index is 642. The van der Waals surface area contributed by atoms with Crippen LogP contribution in [0.15, 0.2) is 47.3 Å². The number of carbonyl (C=O) groups excluding carboxylic acids is 1. The van der Waals surface area contributed by atoms with Gasteiger partial charge in [-0.25, -0.2) is 4.98 Å². The number of pyridine rings is 2. The molecular weight excluding hydrogens is 344 g/mol. The Morgan fingerprint density at radius 1 is 1.23 bits per heavy atom. The third-order valence-corrected chi connectivity index (χ3v) is 4.41. The van der Waals surface area contributed by atoms with Gasteiger partial charge in [0.15, 0.2) is 0 Å². The third kappa shape index (κ3) is 3.44. The zero-order valence-corrected chi connectivity index (χ0v) is 13.7. The van der Waals surface area contributed by atoms with Crippen molar-refractivity contribution in [2.45, 2.75) is 18.9 Å². The lowest BCUT2D eigenvalue weighted by atomic mass is 10.0. The first-order valence-electron chi connectivity index (χ1n) is 7.30. The van der Waals surface area contributed by atoms with E-state index in [0.717, 1.165) is 36.2 Å². The van der Waals surface area contributed by atoms with Crippen molar-refractivity contribution in [1.29, 1.82) is 0 Å². The van der Waals surface area contributed by atoms with Crippen molar-refractivity contribution in [2.24, 2.45) is 0 Å². The zero-order valence-electron chi connectivity index (χ0n) is 12.1. The lowest BCUT2D eigenvalue weighted by Crippen LogP contribution is -2.45. The van der Waals surface area contributed by atoms with Crippen LogP contribution in [0, 0.1) is 0 Å². The van der Waals surface area contributed by atoms with Crippen LogP contribution in [0.3, 0.4) is 0 Å². The molecular formula is C16H17BrN4O. The highest BCUT2D eigenvalue weighted by atomic mass is 79.9. The molecule has 3 rings (SSSR count). The van der Waals surface area contributed by atoms with E-state index in [1.54, 1.807) is 30.7 Å². The van der Waals surface area contributed by atoms with Crippen molar-refractivity contribution in [3.63, 3.8) is 0 Å². The molecule has 6 heteroatoms. The summed E-state index contributed by atoms with van der Waals surface area (Å²) in [4.78, 5) is 22.8. The highest BCUT2D eigenvalue weighted by Gasteiger charge is 2.22. The molecule has 5 nitrogen and oxygen atoms in total. The molecule has 1 saturated heterocycles. The highest BCUT2D eigenvalue weighted by molar-refractivity contribution is 9.10. The van der Waals surface area contributed by atoms with Crippen LogP contribution < -0.4 is 10.2 Å². The van der Waals surface area contributed by atoms with E-state index in [2.05, 4.69) is 36.1 Å². The van der Waals surface area contributed by atoms with Crippen LogP contribution in [0.4, 0.5) is 5.82 Å². The second kappa shape index (κ2) is 6.87. The number of carbonyl (C=O) groups is 1. The van der Waals surface area contributed by atoms with Crippen LogP contribution in [0.2, 0.25) is 0 Å². The summed E-state index contributed by atoms with van der Waals surface area (Å²) in [5.41, 5.74) is 0.609. The summed E-state index contributed by atoms with van der Waals surface area (Å²) in [5.74, 6) is 0.921. The summed E-state index contributed by atoms with van der Waals surface area (Å²) in [6.07, 6.45) is 6.88. The molecule has 114 valence electrons. The monoisotopic (exact) mass is 360 g/mol. The molecule has 1 aliphatic heterocycles. The van der Waals surface area contributed by atoms with E-state index in [9.17, 15) is 4.79 Å². The van der Waals surface area contributed by atoms with Crippen molar-refractivity contribution >= 4 is 27.7 Å². The third-order valence-electron chi connectivity index (χ3n) is 3.79. The van der Waals surface area contributed by atoms with E-state index in [0.29, 0.717) is 5.56 Å². The minimum Gasteiger partial charge on any atom is -0.356 e. The van der Waals surface area contributed by atoms with E-state index >= 15 is 0 Å². The molecule has 0 aliphatic carbocycles. The SMILES string of the molecule is O=C(NC1CCN(c2ncccc2Br)CC1)c1cccnc1. The second-order valence-corrected chi connectivity index (χ2v) is 6.14. The Morgan fingerprint density at radius 3 is 2.68 bits per heavy atom. The Hall–Kier alpha value is -1.95. The molecule has 3 heterocycles. The number of aromatic nitrogens is 2. The van der Waals surface area contributed by atoms with Crippen molar-refractivity contribution in [1.82, 2.24) is 15.3 Å². The maximum absolute atomic E-state index is 12.1. The summed E-state index contributed by atoms with van der Waals surface area (Å²) in [6.45, 7) is 1.77. The van der Waals surface area contributed by atoms with Crippen LogP contribution >= 0.6 is 15.9 Å². The van der Waals surface area contributed by atoms with Gasteiger partial charge in [0, 0.05) is 37.7 Å². The van der Waals surface area contributed by atoms with E-state index in [1.807, 2.05) is 12.1 Å². The predicted octanol–water partition coefficient (Wildman–Crippen LogP) is 2.64. The summed E-state index contributed by atoms with van der Waals surface area (Å²) in [7, 11) is 0. The van der Waals surface area contributed by atoms with Gasteiger partial charge in [-0.1, -0.05) is 0 Å². The summed E-state index contributed by atoms with van der Waals surface area (Å²) < 4.78 is 1.01. The van der Waals surface area contributed by atoms with Crippen molar-refractivity contribution in [3.05, 3.63) is 52.9 Å². The van der Waals surface area contributed by atoms with Gasteiger partial charge in [-0.3, -0.25) is 9.78 Å². The minimum atomic E-state index is -0.0504. The number of nitrogens with zero attached hydrogens (tertiary/aromatic N) is 3. The first kappa shape index (κ1) is 15.0. The fourth-order valence-corrected chi connectivity index (χ4v) is 3.12. The average Bonchev–Trinajstić information content (AvgIpc) is 2.57. The average molecular weight is 361 g/mol. The lowest BCUT2D eigenvalue weighted by Gasteiger charge is -2.33. The maximum Gasteiger partial charge on any atom is 0.253 e. The van der Waals surface area contributed by atoms with Crippen molar-refractivity contribution < 1.29 is 4.79 Å². The number of rotatable bonds is 3. The first-order chi connectivity index (χ1) is 10.7. The van der Waals surface area contributed by atoms with Gasteiger partial charge in [0.05, 0.1) is 10.0 Å².